The van der Waals surface area contributed by atoms with Gasteiger partial charge in [-0.2, -0.15) is 0 Å². The van der Waals surface area contributed by atoms with Crippen molar-refractivity contribution in [2.45, 2.75) is 19.4 Å². The molecule has 1 saturated heterocycles. The number of anilines is 1. The number of para-hydroxylation sites is 1. The second kappa shape index (κ2) is 7.58. The van der Waals surface area contributed by atoms with E-state index in [1.54, 1.807) is 6.07 Å². The summed E-state index contributed by atoms with van der Waals surface area (Å²) in [6.45, 7) is 5.00. The summed E-state index contributed by atoms with van der Waals surface area (Å²) >= 11 is 0. The van der Waals surface area contributed by atoms with Crippen LogP contribution < -0.4 is 15.4 Å². The molecule has 1 heterocycles. The quantitative estimate of drug-likeness (QED) is 0.867. The second-order valence-corrected chi connectivity index (χ2v) is 6.73. The molecule has 0 atom stereocenters. The summed E-state index contributed by atoms with van der Waals surface area (Å²) in [5.41, 5.74) is -0.0453. The fourth-order valence-corrected chi connectivity index (χ4v) is 2.86. The molecule has 26 heavy (non-hydrogen) atoms. The van der Waals surface area contributed by atoms with Crippen molar-refractivity contribution >= 4 is 17.5 Å². The van der Waals surface area contributed by atoms with E-state index in [1.165, 1.54) is 0 Å². The van der Waals surface area contributed by atoms with Crippen LogP contribution in [0.4, 0.5) is 5.69 Å². The highest BCUT2D eigenvalue weighted by Crippen LogP contribution is 2.24. The molecule has 1 aliphatic heterocycles. The number of hydrogen-bond acceptors (Lipinski definition) is 4. The zero-order valence-corrected chi connectivity index (χ0v) is 15.0. The minimum atomic E-state index is -0.701. The molecule has 6 nitrogen and oxygen atoms in total. The third-order valence-electron chi connectivity index (χ3n) is 4.44. The molecule has 2 amide bonds. The Hall–Kier alpha value is -2.86. The van der Waals surface area contributed by atoms with Crippen LogP contribution in [-0.4, -0.2) is 41.9 Å². The Labute approximate surface area is 153 Å². The summed E-state index contributed by atoms with van der Waals surface area (Å²) in [6.07, 6.45) is 0. The Balaban J connectivity index is 1.62. The number of piperazine rings is 1. The molecule has 0 unspecified atom stereocenters. The number of nitrogens with one attached hydrogen (secondary N) is 2. The molecule has 1 aliphatic rings. The number of benzene rings is 2. The number of nitrogens with zero attached hydrogens (tertiary/aromatic N) is 1. The van der Waals surface area contributed by atoms with Crippen molar-refractivity contribution < 1.29 is 14.3 Å². The topological polar surface area (TPSA) is 70.7 Å². The Bertz CT molecular complexity index is 790. The first-order valence-corrected chi connectivity index (χ1v) is 8.61. The average Bonchev–Trinajstić information content (AvgIpc) is 2.60. The van der Waals surface area contributed by atoms with Gasteiger partial charge in [0.1, 0.15) is 11.5 Å². The third kappa shape index (κ3) is 4.21. The maximum Gasteiger partial charge on any atom is 0.240 e. The van der Waals surface area contributed by atoms with Gasteiger partial charge < -0.3 is 15.4 Å². The van der Waals surface area contributed by atoms with E-state index in [2.05, 4.69) is 10.6 Å². The lowest BCUT2D eigenvalue weighted by Gasteiger charge is -2.40. The Kier molecular flexibility index (Phi) is 5.23. The second-order valence-electron chi connectivity index (χ2n) is 6.73. The number of ether oxygens (including phenoxy) is 1. The van der Waals surface area contributed by atoms with E-state index in [4.69, 9.17) is 4.74 Å². The van der Waals surface area contributed by atoms with E-state index in [-0.39, 0.29) is 18.4 Å². The summed E-state index contributed by atoms with van der Waals surface area (Å²) in [4.78, 5) is 26.3. The molecule has 6 heteroatoms. The standard InChI is InChI=1S/C20H23N3O3/c1-20(2)19(25)21-11-12-23(20)14-18(24)22-15-7-6-10-17(13-15)26-16-8-4-3-5-9-16/h3-10,13H,11-12,14H2,1-2H3,(H,21,25)(H,22,24). The predicted octanol–water partition coefficient (Wildman–Crippen LogP) is 2.63. The van der Waals surface area contributed by atoms with Crippen LogP contribution in [0.1, 0.15) is 13.8 Å². The number of carbonyl (C=O) groups excluding carboxylic acids is 2. The molecule has 2 N–H and O–H groups in total. The van der Waals surface area contributed by atoms with Crippen molar-refractivity contribution in [3.05, 3.63) is 54.6 Å². The van der Waals surface area contributed by atoms with Crippen molar-refractivity contribution in [1.82, 2.24) is 10.2 Å². The van der Waals surface area contributed by atoms with Crippen molar-refractivity contribution in [1.29, 1.82) is 0 Å². The molecule has 3 rings (SSSR count). The van der Waals surface area contributed by atoms with Gasteiger partial charge in [-0.15, -0.1) is 0 Å². The molecule has 0 saturated carbocycles. The van der Waals surface area contributed by atoms with Crippen molar-refractivity contribution in [3.8, 4) is 11.5 Å². The minimum absolute atomic E-state index is 0.0604. The first-order valence-electron chi connectivity index (χ1n) is 8.61. The number of rotatable bonds is 5. The predicted molar refractivity (Wildman–Crippen MR) is 100 cm³/mol. The van der Waals surface area contributed by atoms with E-state index < -0.39 is 5.54 Å². The molecule has 0 radical (unpaired) electrons. The van der Waals surface area contributed by atoms with E-state index >= 15 is 0 Å². The Morgan fingerprint density at radius 1 is 1.15 bits per heavy atom. The minimum Gasteiger partial charge on any atom is -0.457 e. The normalized spacial score (nSPS) is 16.6. The van der Waals surface area contributed by atoms with Crippen LogP contribution in [0.3, 0.4) is 0 Å². The summed E-state index contributed by atoms with van der Waals surface area (Å²) < 4.78 is 5.78. The smallest absolute Gasteiger partial charge is 0.240 e. The highest BCUT2D eigenvalue weighted by atomic mass is 16.5. The zero-order chi connectivity index (χ0) is 18.6. The monoisotopic (exact) mass is 353 g/mol. The fourth-order valence-electron chi connectivity index (χ4n) is 2.86. The molecule has 0 aliphatic carbocycles. The lowest BCUT2D eigenvalue weighted by molar-refractivity contribution is -0.136. The van der Waals surface area contributed by atoms with Crippen LogP contribution in [-0.2, 0) is 9.59 Å². The summed E-state index contributed by atoms with van der Waals surface area (Å²) in [7, 11) is 0. The van der Waals surface area contributed by atoms with Crippen LogP contribution in [0.5, 0.6) is 11.5 Å². The molecular weight excluding hydrogens is 330 g/mol. The van der Waals surface area contributed by atoms with Gasteiger partial charge in [0, 0.05) is 24.8 Å². The van der Waals surface area contributed by atoms with Crippen LogP contribution >= 0.6 is 0 Å². The maximum atomic E-state index is 12.4. The highest BCUT2D eigenvalue weighted by molar-refractivity contribution is 5.93. The van der Waals surface area contributed by atoms with Gasteiger partial charge in [0.25, 0.3) is 0 Å². The summed E-state index contributed by atoms with van der Waals surface area (Å²) in [6, 6.07) is 16.7. The number of hydrogen-bond donors (Lipinski definition) is 2. The van der Waals surface area contributed by atoms with Crippen molar-refractivity contribution in [3.63, 3.8) is 0 Å². The van der Waals surface area contributed by atoms with Crippen LogP contribution in [0.15, 0.2) is 54.6 Å². The SMILES string of the molecule is CC1(C)C(=O)NCCN1CC(=O)Nc1cccc(Oc2ccccc2)c1. The van der Waals surface area contributed by atoms with Gasteiger partial charge in [-0.3, -0.25) is 14.5 Å². The molecule has 0 bridgehead atoms. The molecule has 2 aromatic carbocycles. The molecular formula is C20H23N3O3. The van der Waals surface area contributed by atoms with Crippen LogP contribution in [0, 0.1) is 0 Å². The Morgan fingerprint density at radius 2 is 1.88 bits per heavy atom. The lowest BCUT2D eigenvalue weighted by atomic mass is 9.99. The lowest BCUT2D eigenvalue weighted by Crippen LogP contribution is -2.62. The van der Waals surface area contributed by atoms with Crippen LogP contribution in [0.2, 0.25) is 0 Å². The van der Waals surface area contributed by atoms with E-state index in [0.717, 1.165) is 5.75 Å². The van der Waals surface area contributed by atoms with Gasteiger partial charge in [-0.1, -0.05) is 24.3 Å². The maximum absolute atomic E-state index is 12.4. The van der Waals surface area contributed by atoms with Crippen molar-refractivity contribution in [2.24, 2.45) is 0 Å². The molecule has 0 aromatic heterocycles. The Morgan fingerprint density at radius 3 is 2.65 bits per heavy atom. The molecule has 136 valence electrons. The van der Waals surface area contributed by atoms with Gasteiger partial charge in [0.15, 0.2) is 0 Å². The highest BCUT2D eigenvalue weighted by Gasteiger charge is 2.38. The number of carbonyl (C=O) groups is 2. The van der Waals surface area contributed by atoms with Gasteiger partial charge in [-0.05, 0) is 38.1 Å². The third-order valence-corrected chi connectivity index (χ3v) is 4.44. The van der Waals surface area contributed by atoms with Crippen LogP contribution in [0.25, 0.3) is 0 Å². The molecule has 0 spiro atoms. The van der Waals surface area contributed by atoms with Gasteiger partial charge in [-0.25, -0.2) is 0 Å². The van der Waals surface area contributed by atoms with E-state index in [9.17, 15) is 9.59 Å². The van der Waals surface area contributed by atoms with E-state index in [1.807, 2.05) is 67.3 Å². The zero-order valence-electron chi connectivity index (χ0n) is 15.0. The van der Waals surface area contributed by atoms with Crippen molar-refractivity contribution in [2.75, 3.05) is 25.0 Å². The average molecular weight is 353 g/mol. The first kappa shape index (κ1) is 17.9. The summed E-state index contributed by atoms with van der Waals surface area (Å²) in [5, 5.41) is 5.70. The summed E-state index contributed by atoms with van der Waals surface area (Å²) in [5.74, 6) is 1.16. The van der Waals surface area contributed by atoms with Gasteiger partial charge >= 0.3 is 0 Å². The number of amides is 2. The fraction of sp³-hybridized carbons (Fsp3) is 0.300. The largest absolute Gasteiger partial charge is 0.457 e. The van der Waals surface area contributed by atoms with E-state index in [0.29, 0.717) is 24.5 Å². The first-order chi connectivity index (χ1) is 12.4. The van der Waals surface area contributed by atoms with Gasteiger partial charge in [0.2, 0.25) is 11.8 Å². The molecule has 1 fully saturated rings. The molecule has 2 aromatic rings. The van der Waals surface area contributed by atoms with Gasteiger partial charge in [0.05, 0.1) is 12.1 Å².